The summed E-state index contributed by atoms with van der Waals surface area (Å²) in [5.74, 6) is 0.727. The number of aromatic nitrogens is 2. The van der Waals surface area contributed by atoms with Gasteiger partial charge >= 0.3 is 12.1 Å². The molecule has 0 aliphatic rings. The lowest BCUT2D eigenvalue weighted by Gasteiger charge is -2.13. The Bertz CT molecular complexity index is 933. The van der Waals surface area contributed by atoms with Crippen LogP contribution in [0, 0.1) is 12.3 Å². The van der Waals surface area contributed by atoms with Crippen molar-refractivity contribution in [1.82, 2.24) is 9.55 Å². The summed E-state index contributed by atoms with van der Waals surface area (Å²) in [6, 6.07) is 14.5. The van der Waals surface area contributed by atoms with Gasteiger partial charge in [-0.25, -0.2) is 14.3 Å². The lowest BCUT2D eigenvalue weighted by molar-refractivity contribution is 0.167. The van der Waals surface area contributed by atoms with Crippen LogP contribution in [0.15, 0.2) is 48.5 Å². The van der Waals surface area contributed by atoms with E-state index >= 15 is 0 Å². The second-order valence-corrected chi connectivity index (χ2v) is 5.28. The van der Waals surface area contributed by atoms with E-state index in [0.29, 0.717) is 16.8 Å². The fraction of sp³-hybridized carbons (Fsp3) is 0.167. The molecule has 0 fully saturated rings. The highest BCUT2D eigenvalue weighted by Gasteiger charge is 2.18. The largest absolute Gasteiger partial charge is 0.450 e. The minimum Gasteiger partial charge on any atom is -0.450 e. The predicted octanol–water partition coefficient (Wildman–Crippen LogP) is 3.77. The summed E-state index contributed by atoms with van der Waals surface area (Å²) in [5.41, 5.74) is 2.18. The minimum absolute atomic E-state index is 0.165. The van der Waals surface area contributed by atoms with Crippen LogP contribution in [0.5, 0.6) is 5.75 Å². The number of amides is 1. The van der Waals surface area contributed by atoms with Crippen LogP contribution in [0.1, 0.15) is 12.5 Å². The lowest BCUT2D eigenvalue weighted by Crippen LogP contribution is -2.23. The first-order chi connectivity index (χ1) is 12.1. The Hall–Kier alpha value is -3.35. The van der Waals surface area contributed by atoms with Gasteiger partial charge in [0.15, 0.2) is 0 Å². The maximum Gasteiger partial charge on any atom is 0.413 e. The smallest absolute Gasteiger partial charge is 0.413 e. The van der Waals surface area contributed by atoms with Crippen LogP contribution in [0.2, 0.25) is 0 Å². The molecule has 0 saturated heterocycles. The van der Waals surface area contributed by atoms with Crippen LogP contribution in [0.4, 0.5) is 10.7 Å². The van der Waals surface area contributed by atoms with Gasteiger partial charge in [0, 0.05) is 0 Å². The van der Waals surface area contributed by atoms with Gasteiger partial charge in [0.05, 0.1) is 17.6 Å². The molecule has 0 bridgehead atoms. The Morgan fingerprint density at radius 3 is 2.68 bits per heavy atom. The number of benzene rings is 2. The number of ether oxygens (including phenoxy) is 2. The second kappa shape index (κ2) is 7.04. The number of rotatable bonds is 3. The van der Waals surface area contributed by atoms with Gasteiger partial charge in [0.2, 0.25) is 5.95 Å². The van der Waals surface area contributed by atoms with Gasteiger partial charge in [-0.1, -0.05) is 30.3 Å². The molecule has 0 unspecified atom stereocenters. The van der Waals surface area contributed by atoms with E-state index in [-0.39, 0.29) is 18.6 Å². The highest BCUT2D eigenvalue weighted by atomic mass is 16.5. The van der Waals surface area contributed by atoms with Crippen LogP contribution < -0.4 is 10.1 Å². The summed E-state index contributed by atoms with van der Waals surface area (Å²) in [4.78, 5) is 16.1. The van der Waals surface area contributed by atoms with E-state index in [1.54, 1.807) is 25.1 Å². The molecule has 0 saturated carbocycles. The molecule has 0 spiro atoms. The zero-order chi connectivity index (χ0) is 17.8. The van der Waals surface area contributed by atoms with Crippen molar-refractivity contribution in [2.75, 3.05) is 11.9 Å². The number of hydrogen-bond donors (Lipinski definition) is 2. The summed E-state index contributed by atoms with van der Waals surface area (Å²) in [6.45, 7) is 3.85. The van der Waals surface area contributed by atoms with E-state index in [1.165, 1.54) is 4.57 Å². The van der Waals surface area contributed by atoms with Crippen molar-refractivity contribution in [1.29, 1.82) is 5.41 Å². The highest BCUT2D eigenvalue weighted by Crippen LogP contribution is 2.22. The van der Waals surface area contributed by atoms with Gasteiger partial charge in [0.1, 0.15) is 5.75 Å². The van der Waals surface area contributed by atoms with Gasteiger partial charge in [-0.15, -0.1) is 0 Å². The molecular weight excluding hydrogens is 320 g/mol. The van der Waals surface area contributed by atoms with Crippen LogP contribution in [-0.2, 0) is 4.74 Å². The lowest BCUT2D eigenvalue weighted by atomic mass is 10.2. The van der Waals surface area contributed by atoms with E-state index < -0.39 is 6.09 Å². The van der Waals surface area contributed by atoms with Crippen LogP contribution in [0.25, 0.3) is 11.0 Å². The summed E-state index contributed by atoms with van der Waals surface area (Å²) in [7, 11) is 0. The topological polar surface area (TPSA) is 89.2 Å². The molecule has 0 aliphatic carbocycles. The Morgan fingerprint density at radius 1 is 1.20 bits per heavy atom. The van der Waals surface area contributed by atoms with Gasteiger partial charge in [-0.2, -0.15) is 0 Å². The third-order valence-corrected chi connectivity index (χ3v) is 3.55. The first-order valence-electron chi connectivity index (χ1n) is 7.84. The molecule has 2 N–H and O–H groups in total. The number of imidazole rings is 1. The molecule has 3 aromatic rings. The average molecular weight is 338 g/mol. The van der Waals surface area contributed by atoms with Crippen molar-refractivity contribution in [3.05, 3.63) is 54.1 Å². The molecule has 0 atom stereocenters. The summed E-state index contributed by atoms with van der Waals surface area (Å²) >= 11 is 0. The van der Waals surface area contributed by atoms with E-state index in [1.807, 2.05) is 37.3 Å². The number of hydrogen-bond acceptors (Lipinski definition) is 5. The number of para-hydroxylation sites is 3. The van der Waals surface area contributed by atoms with E-state index in [2.05, 4.69) is 10.3 Å². The molecular formula is C18H18N4O3. The van der Waals surface area contributed by atoms with Crippen molar-refractivity contribution in [3.63, 3.8) is 0 Å². The van der Waals surface area contributed by atoms with E-state index in [9.17, 15) is 4.79 Å². The number of aryl methyl sites for hydroxylation is 1. The quantitative estimate of drug-likeness (QED) is 0.562. The molecule has 7 heteroatoms. The molecule has 1 aromatic heterocycles. The molecule has 3 rings (SSSR count). The second-order valence-electron chi connectivity index (χ2n) is 5.28. The van der Waals surface area contributed by atoms with Crippen molar-refractivity contribution in [2.45, 2.75) is 13.8 Å². The Kier molecular flexibility index (Phi) is 4.65. The maximum atomic E-state index is 11.8. The molecule has 2 aromatic carbocycles. The van der Waals surface area contributed by atoms with Gasteiger partial charge in [0.25, 0.3) is 0 Å². The van der Waals surface area contributed by atoms with Gasteiger partial charge < -0.3 is 9.47 Å². The number of fused-ring (bicyclic) bond motifs is 1. The maximum absolute atomic E-state index is 11.8. The summed E-state index contributed by atoms with van der Waals surface area (Å²) in [5, 5.41) is 10.9. The molecule has 1 amide bonds. The van der Waals surface area contributed by atoms with Crippen molar-refractivity contribution in [2.24, 2.45) is 0 Å². The zero-order valence-corrected chi connectivity index (χ0v) is 13.9. The van der Waals surface area contributed by atoms with Gasteiger partial charge in [-0.3, -0.25) is 10.7 Å². The molecule has 128 valence electrons. The molecule has 0 aliphatic heterocycles. The molecule has 7 nitrogen and oxygen atoms in total. The number of carbonyl (C=O) groups is 1. The molecule has 0 radical (unpaired) electrons. The first kappa shape index (κ1) is 16.5. The van der Waals surface area contributed by atoms with Crippen molar-refractivity contribution >= 4 is 29.1 Å². The van der Waals surface area contributed by atoms with Crippen LogP contribution in [0.3, 0.4) is 0 Å². The highest BCUT2D eigenvalue weighted by molar-refractivity contribution is 5.95. The minimum atomic E-state index is -0.636. The molecule has 1 heterocycles. The predicted molar refractivity (Wildman–Crippen MR) is 95.3 cm³/mol. The van der Waals surface area contributed by atoms with Crippen LogP contribution >= 0.6 is 0 Å². The summed E-state index contributed by atoms with van der Waals surface area (Å²) < 4.78 is 12.0. The Morgan fingerprint density at radius 2 is 1.92 bits per heavy atom. The number of nitrogens with zero attached hydrogens (tertiary/aromatic N) is 2. The standard InChI is InChI=1S/C18H18N4O3/c1-3-24-18(23)21-17-20-13-9-5-6-10-14(13)22(17)16(19)25-15-11-7-4-8-12(15)2/h4-11,19H,3H2,1-2H3,(H,20,21,23). The summed E-state index contributed by atoms with van der Waals surface area (Å²) in [6.07, 6.45) is -0.636. The number of carbonyl (C=O) groups excluding carboxylic acids is 1. The Balaban J connectivity index is 1.99. The van der Waals surface area contributed by atoms with Crippen LogP contribution in [-0.4, -0.2) is 28.3 Å². The molecule has 25 heavy (non-hydrogen) atoms. The van der Waals surface area contributed by atoms with Gasteiger partial charge in [-0.05, 0) is 37.6 Å². The Labute approximate surface area is 144 Å². The third-order valence-electron chi connectivity index (χ3n) is 3.55. The number of nitrogens with one attached hydrogen (secondary N) is 2. The van der Waals surface area contributed by atoms with Crippen molar-refractivity contribution < 1.29 is 14.3 Å². The monoisotopic (exact) mass is 338 g/mol. The van der Waals surface area contributed by atoms with E-state index in [0.717, 1.165) is 5.56 Å². The SMILES string of the molecule is CCOC(=O)Nc1nc2ccccc2n1C(=N)Oc1ccccc1C. The first-order valence-corrected chi connectivity index (χ1v) is 7.84. The third kappa shape index (κ3) is 3.45. The fourth-order valence-electron chi connectivity index (χ4n) is 2.39. The zero-order valence-electron chi connectivity index (χ0n) is 13.9. The van der Waals surface area contributed by atoms with Crippen molar-refractivity contribution in [3.8, 4) is 5.75 Å². The average Bonchev–Trinajstić information content (AvgIpc) is 2.94. The fourth-order valence-corrected chi connectivity index (χ4v) is 2.39. The van der Waals surface area contributed by atoms with E-state index in [4.69, 9.17) is 14.9 Å². The number of anilines is 1. The normalized spacial score (nSPS) is 10.5.